The van der Waals surface area contributed by atoms with Crippen LogP contribution in [0.3, 0.4) is 0 Å². The van der Waals surface area contributed by atoms with Gasteiger partial charge in [0.05, 0.1) is 11.4 Å². The predicted molar refractivity (Wildman–Crippen MR) is 111 cm³/mol. The Morgan fingerprint density at radius 1 is 1.19 bits per heavy atom. The first-order valence-electron chi connectivity index (χ1n) is 10.7. The van der Waals surface area contributed by atoms with Gasteiger partial charge < -0.3 is 25.4 Å². The summed E-state index contributed by atoms with van der Waals surface area (Å²) in [6.45, 7) is 2.03. The van der Waals surface area contributed by atoms with E-state index in [1.165, 1.54) is 12.3 Å². The number of fused-ring (bicyclic) bond motifs is 1. The molecule has 0 spiro atoms. The normalized spacial score (nSPS) is 24.9. The third kappa shape index (κ3) is 4.01. The van der Waals surface area contributed by atoms with E-state index in [1.807, 2.05) is 6.07 Å². The standard InChI is InChI=1S/C21H26F2N6O2/c22-20(23)31-17-7-12(9-25-19(17)24)15-8-16(27-21(26-15)29-4-1-5-29)18-13-10-28(3-2-6-30)11-14(13)18/h7-9,13-14,18,20,30H,1-6,10-11H2,(H2,24,25)/t13-,14+,18?. The molecule has 10 heteroatoms. The quantitative estimate of drug-likeness (QED) is 0.653. The number of hydrogen-bond donors (Lipinski definition) is 2. The van der Waals surface area contributed by atoms with Crippen LogP contribution in [0.5, 0.6) is 5.75 Å². The van der Waals surface area contributed by atoms with E-state index in [0.29, 0.717) is 35.0 Å². The minimum atomic E-state index is -2.98. The first-order valence-corrected chi connectivity index (χ1v) is 10.7. The number of nitrogens with two attached hydrogens (primary N) is 1. The van der Waals surface area contributed by atoms with Crippen LogP contribution in [0, 0.1) is 11.8 Å². The van der Waals surface area contributed by atoms with Gasteiger partial charge in [-0.2, -0.15) is 8.78 Å². The molecule has 5 rings (SSSR count). The number of halogens is 2. The van der Waals surface area contributed by atoms with Crippen LogP contribution >= 0.6 is 0 Å². The van der Waals surface area contributed by atoms with Crippen molar-refractivity contribution in [1.29, 1.82) is 0 Å². The van der Waals surface area contributed by atoms with E-state index in [0.717, 1.165) is 51.3 Å². The number of aromatic nitrogens is 3. The number of likely N-dealkylation sites (tertiary alicyclic amines) is 1. The van der Waals surface area contributed by atoms with E-state index >= 15 is 0 Å². The molecular formula is C21H26F2N6O2. The van der Waals surface area contributed by atoms with Crippen LogP contribution in [-0.2, 0) is 0 Å². The fourth-order valence-corrected chi connectivity index (χ4v) is 4.74. The summed E-state index contributed by atoms with van der Waals surface area (Å²) in [5.74, 6) is 1.95. The van der Waals surface area contributed by atoms with Crippen LogP contribution in [-0.4, -0.2) is 70.9 Å². The lowest BCUT2D eigenvalue weighted by molar-refractivity contribution is -0.0494. The fourth-order valence-electron chi connectivity index (χ4n) is 4.74. The first-order chi connectivity index (χ1) is 15.0. The monoisotopic (exact) mass is 432 g/mol. The summed E-state index contributed by atoms with van der Waals surface area (Å²) >= 11 is 0. The van der Waals surface area contributed by atoms with Gasteiger partial charge in [-0.25, -0.2) is 15.0 Å². The zero-order chi connectivity index (χ0) is 21.5. The number of aliphatic hydroxyl groups excluding tert-OH is 1. The molecule has 1 aliphatic carbocycles. The van der Waals surface area contributed by atoms with E-state index in [9.17, 15) is 8.78 Å². The van der Waals surface area contributed by atoms with Gasteiger partial charge >= 0.3 is 6.61 Å². The highest BCUT2D eigenvalue weighted by molar-refractivity contribution is 5.65. The molecule has 3 N–H and O–H groups in total. The Bertz CT molecular complexity index is 945. The van der Waals surface area contributed by atoms with Gasteiger partial charge in [0, 0.05) is 57.0 Å². The second-order valence-corrected chi connectivity index (χ2v) is 8.49. The molecule has 0 aromatic carbocycles. The second kappa shape index (κ2) is 8.16. The molecule has 166 valence electrons. The van der Waals surface area contributed by atoms with Crippen molar-refractivity contribution in [2.75, 3.05) is 50.0 Å². The lowest BCUT2D eigenvalue weighted by Gasteiger charge is -2.31. The second-order valence-electron chi connectivity index (χ2n) is 8.49. The number of nitrogen functional groups attached to an aromatic ring is 1. The summed E-state index contributed by atoms with van der Waals surface area (Å²) in [5.41, 5.74) is 7.90. The lowest BCUT2D eigenvalue weighted by Crippen LogP contribution is -2.38. The highest BCUT2D eigenvalue weighted by Gasteiger charge is 2.56. The number of alkyl halides is 2. The number of hydrogen-bond acceptors (Lipinski definition) is 8. The van der Waals surface area contributed by atoms with Crippen molar-refractivity contribution in [1.82, 2.24) is 19.9 Å². The van der Waals surface area contributed by atoms with E-state index in [1.54, 1.807) is 0 Å². The van der Waals surface area contributed by atoms with Crippen LogP contribution in [0.15, 0.2) is 18.3 Å². The van der Waals surface area contributed by atoms with Crippen molar-refractivity contribution in [3.63, 3.8) is 0 Å². The maximum absolute atomic E-state index is 12.7. The predicted octanol–water partition coefficient (Wildman–Crippen LogP) is 1.96. The fraction of sp³-hybridized carbons (Fsp3) is 0.571. The van der Waals surface area contributed by atoms with Crippen molar-refractivity contribution in [3.05, 3.63) is 24.0 Å². The highest BCUT2D eigenvalue weighted by Crippen LogP contribution is 2.58. The number of nitrogens with zero attached hydrogens (tertiary/aromatic N) is 5. The summed E-state index contributed by atoms with van der Waals surface area (Å²) in [5, 5.41) is 9.06. The maximum Gasteiger partial charge on any atom is 0.387 e. The summed E-state index contributed by atoms with van der Waals surface area (Å²) < 4.78 is 30.0. The molecule has 3 aliphatic rings. The van der Waals surface area contributed by atoms with Crippen molar-refractivity contribution in [2.45, 2.75) is 25.4 Å². The van der Waals surface area contributed by atoms with Gasteiger partial charge in [0.25, 0.3) is 0 Å². The smallest absolute Gasteiger partial charge is 0.387 e. The van der Waals surface area contributed by atoms with Gasteiger partial charge in [-0.15, -0.1) is 0 Å². The topological polar surface area (TPSA) is 101 Å². The molecule has 2 aliphatic heterocycles. The molecular weight excluding hydrogens is 406 g/mol. The van der Waals surface area contributed by atoms with Gasteiger partial charge in [0.2, 0.25) is 5.95 Å². The molecule has 3 fully saturated rings. The van der Waals surface area contributed by atoms with Crippen LogP contribution in [0.2, 0.25) is 0 Å². The molecule has 1 saturated carbocycles. The molecule has 0 bridgehead atoms. The Morgan fingerprint density at radius 3 is 2.61 bits per heavy atom. The zero-order valence-electron chi connectivity index (χ0n) is 17.1. The average molecular weight is 432 g/mol. The van der Waals surface area contributed by atoms with Gasteiger partial charge in [0.1, 0.15) is 0 Å². The number of rotatable bonds is 8. The van der Waals surface area contributed by atoms with E-state index in [4.69, 9.17) is 15.8 Å². The molecule has 1 unspecified atom stereocenters. The number of piperidine rings is 1. The SMILES string of the molecule is Nc1ncc(-c2cc(C3[C@H]4CN(CCCO)C[C@@H]34)nc(N3CCC3)n2)cc1OC(F)F. The van der Waals surface area contributed by atoms with Gasteiger partial charge in [-0.1, -0.05) is 0 Å². The highest BCUT2D eigenvalue weighted by atomic mass is 19.3. The number of pyridine rings is 1. The molecule has 4 heterocycles. The van der Waals surface area contributed by atoms with Crippen molar-refractivity contribution in [3.8, 4) is 17.0 Å². The molecule has 2 saturated heterocycles. The van der Waals surface area contributed by atoms with Crippen molar-refractivity contribution >= 4 is 11.8 Å². The number of anilines is 2. The Labute approximate surface area is 179 Å². The first kappa shape index (κ1) is 20.3. The Hall–Kier alpha value is -2.59. The van der Waals surface area contributed by atoms with Gasteiger partial charge in [-0.05, 0) is 36.8 Å². The van der Waals surface area contributed by atoms with Crippen LogP contribution < -0.4 is 15.4 Å². The zero-order valence-corrected chi connectivity index (χ0v) is 17.1. The minimum Gasteiger partial charge on any atom is -0.431 e. The molecule has 2 aromatic rings. The van der Waals surface area contributed by atoms with E-state index in [-0.39, 0.29) is 18.2 Å². The third-order valence-corrected chi connectivity index (χ3v) is 6.51. The molecule has 0 amide bonds. The molecule has 0 radical (unpaired) electrons. The average Bonchev–Trinajstić information content (AvgIpc) is 3.21. The Morgan fingerprint density at radius 2 is 1.97 bits per heavy atom. The number of ether oxygens (including phenoxy) is 1. The van der Waals surface area contributed by atoms with Gasteiger partial charge in [0.15, 0.2) is 11.6 Å². The molecule has 2 aromatic heterocycles. The lowest BCUT2D eigenvalue weighted by atomic mass is 10.1. The summed E-state index contributed by atoms with van der Waals surface area (Å²) in [6.07, 6.45) is 3.44. The third-order valence-electron chi connectivity index (χ3n) is 6.51. The van der Waals surface area contributed by atoms with Crippen molar-refractivity contribution < 1.29 is 18.6 Å². The molecule has 8 nitrogen and oxygen atoms in total. The van der Waals surface area contributed by atoms with Crippen LogP contribution in [0.25, 0.3) is 11.3 Å². The summed E-state index contributed by atoms with van der Waals surface area (Å²) in [4.78, 5) is 18.1. The molecule has 31 heavy (non-hydrogen) atoms. The summed E-state index contributed by atoms with van der Waals surface area (Å²) in [7, 11) is 0. The number of aliphatic hydroxyl groups is 1. The Balaban J connectivity index is 1.42. The minimum absolute atomic E-state index is 0.0824. The van der Waals surface area contributed by atoms with E-state index < -0.39 is 6.61 Å². The molecule has 3 atom stereocenters. The summed E-state index contributed by atoms with van der Waals surface area (Å²) in [6, 6.07) is 3.41. The maximum atomic E-state index is 12.7. The van der Waals surface area contributed by atoms with Crippen LogP contribution in [0.4, 0.5) is 20.5 Å². The van der Waals surface area contributed by atoms with E-state index in [2.05, 4.69) is 24.5 Å². The van der Waals surface area contributed by atoms with Crippen LogP contribution in [0.1, 0.15) is 24.5 Å². The van der Waals surface area contributed by atoms with Gasteiger partial charge in [-0.3, -0.25) is 0 Å². The Kier molecular flexibility index (Phi) is 5.35. The largest absolute Gasteiger partial charge is 0.431 e. The van der Waals surface area contributed by atoms with Crippen molar-refractivity contribution in [2.24, 2.45) is 11.8 Å².